The zero-order valence-electron chi connectivity index (χ0n) is 14.4. The fourth-order valence-corrected chi connectivity index (χ4v) is 2.27. The molecule has 3 rings (SSSR count). The van der Waals surface area contributed by atoms with Crippen molar-refractivity contribution in [2.45, 2.75) is 19.8 Å². The summed E-state index contributed by atoms with van der Waals surface area (Å²) in [7, 11) is 0. The number of carbonyl (C=O) groups is 1. The van der Waals surface area contributed by atoms with Crippen molar-refractivity contribution in [2.24, 2.45) is 0 Å². The Morgan fingerprint density at radius 1 is 1.19 bits per heavy atom. The van der Waals surface area contributed by atoms with Crippen LogP contribution in [0.4, 0.5) is 0 Å². The molecule has 0 radical (unpaired) electrons. The average molecular weight is 353 g/mol. The summed E-state index contributed by atoms with van der Waals surface area (Å²) in [5.41, 5.74) is 1.77. The molecule has 0 atom stereocenters. The number of ether oxygens (including phenoxy) is 2. The summed E-state index contributed by atoms with van der Waals surface area (Å²) in [4.78, 5) is 20.0. The first kappa shape index (κ1) is 17.6. The molecule has 0 unspecified atom stereocenters. The Kier molecular flexibility index (Phi) is 5.92. The maximum atomic E-state index is 11.7. The number of rotatable bonds is 8. The third-order valence-corrected chi connectivity index (χ3v) is 3.62. The van der Waals surface area contributed by atoms with Gasteiger partial charge in [0.1, 0.15) is 5.75 Å². The quantitative estimate of drug-likeness (QED) is 0.454. The molecule has 0 aliphatic rings. The highest BCUT2D eigenvalue weighted by molar-refractivity contribution is 5.71. The van der Waals surface area contributed by atoms with Gasteiger partial charge in [-0.1, -0.05) is 23.4 Å². The maximum Gasteiger partial charge on any atom is 0.344 e. The van der Waals surface area contributed by atoms with Crippen LogP contribution in [0.1, 0.15) is 17.9 Å². The van der Waals surface area contributed by atoms with Crippen molar-refractivity contribution in [1.29, 1.82) is 0 Å². The second kappa shape index (κ2) is 8.75. The minimum atomic E-state index is -0.408. The number of pyridine rings is 1. The Bertz CT molecular complexity index is 849. The van der Waals surface area contributed by atoms with Crippen LogP contribution in [0, 0.1) is 6.92 Å². The van der Waals surface area contributed by atoms with Gasteiger partial charge in [0.15, 0.2) is 6.61 Å². The van der Waals surface area contributed by atoms with E-state index < -0.39 is 5.97 Å². The Hall–Kier alpha value is -3.22. The first-order chi connectivity index (χ1) is 12.7. The van der Waals surface area contributed by atoms with Crippen molar-refractivity contribution in [2.75, 3.05) is 13.2 Å². The van der Waals surface area contributed by atoms with Crippen molar-refractivity contribution < 1.29 is 18.8 Å². The molecule has 0 aliphatic carbocycles. The first-order valence-electron chi connectivity index (χ1n) is 8.29. The average Bonchev–Trinajstić information content (AvgIpc) is 3.14. The Balaban J connectivity index is 1.37. The number of aromatic nitrogens is 3. The first-order valence-corrected chi connectivity index (χ1v) is 8.29. The van der Waals surface area contributed by atoms with Gasteiger partial charge in [0.05, 0.1) is 6.61 Å². The molecule has 1 aromatic carbocycles. The molecule has 0 saturated carbocycles. The van der Waals surface area contributed by atoms with Gasteiger partial charge in [-0.3, -0.25) is 4.98 Å². The molecule has 134 valence electrons. The minimum Gasteiger partial charge on any atom is -0.482 e. The van der Waals surface area contributed by atoms with Gasteiger partial charge < -0.3 is 14.0 Å². The molecule has 7 heteroatoms. The molecule has 2 aromatic heterocycles. The molecule has 0 N–H and O–H groups in total. The molecule has 3 aromatic rings. The maximum absolute atomic E-state index is 11.7. The van der Waals surface area contributed by atoms with Crippen molar-refractivity contribution >= 4 is 5.97 Å². The third-order valence-electron chi connectivity index (χ3n) is 3.62. The number of para-hydroxylation sites is 1. The Morgan fingerprint density at radius 2 is 2.08 bits per heavy atom. The van der Waals surface area contributed by atoms with E-state index in [0.717, 1.165) is 11.1 Å². The highest BCUT2D eigenvalue weighted by atomic mass is 16.6. The van der Waals surface area contributed by atoms with Crippen molar-refractivity contribution in [3.63, 3.8) is 0 Å². The highest BCUT2D eigenvalue weighted by Gasteiger charge is 2.10. The molecule has 0 fully saturated rings. The van der Waals surface area contributed by atoms with Gasteiger partial charge >= 0.3 is 5.97 Å². The molecule has 2 heterocycles. The predicted molar refractivity (Wildman–Crippen MR) is 93.5 cm³/mol. The van der Waals surface area contributed by atoms with Gasteiger partial charge in [-0.05, 0) is 37.1 Å². The summed E-state index contributed by atoms with van der Waals surface area (Å²) in [6.45, 7) is 2.07. The van der Waals surface area contributed by atoms with E-state index >= 15 is 0 Å². The lowest BCUT2D eigenvalue weighted by molar-refractivity contribution is -0.146. The summed E-state index contributed by atoms with van der Waals surface area (Å²) < 4.78 is 15.8. The largest absolute Gasteiger partial charge is 0.482 e. The van der Waals surface area contributed by atoms with E-state index in [2.05, 4.69) is 15.1 Å². The molecular formula is C19H19N3O4. The molecule has 0 bridgehead atoms. The summed E-state index contributed by atoms with van der Waals surface area (Å²) in [5.74, 6) is 1.26. The van der Waals surface area contributed by atoms with Gasteiger partial charge in [-0.15, -0.1) is 0 Å². The Morgan fingerprint density at radius 3 is 2.88 bits per heavy atom. The predicted octanol–water partition coefficient (Wildman–Crippen LogP) is 2.99. The number of nitrogens with zero attached hydrogens (tertiary/aromatic N) is 3. The molecule has 7 nitrogen and oxygen atoms in total. The normalized spacial score (nSPS) is 10.5. The van der Waals surface area contributed by atoms with Crippen LogP contribution in [0.3, 0.4) is 0 Å². The molecule has 0 amide bonds. The number of aryl methyl sites for hydroxylation is 2. The monoisotopic (exact) mass is 353 g/mol. The zero-order chi connectivity index (χ0) is 18.2. The number of esters is 1. The van der Waals surface area contributed by atoms with E-state index in [1.807, 2.05) is 43.3 Å². The fraction of sp³-hybridized carbons (Fsp3) is 0.263. The van der Waals surface area contributed by atoms with Crippen LogP contribution in [0.25, 0.3) is 11.4 Å². The van der Waals surface area contributed by atoms with E-state index in [1.165, 1.54) is 0 Å². The Labute approximate surface area is 151 Å². The lowest BCUT2D eigenvalue weighted by atomic mass is 10.2. The van der Waals surface area contributed by atoms with Crippen LogP contribution in [0.15, 0.2) is 53.3 Å². The molecule has 0 spiro atoms. The van der Waals surface area contributed by atoms with E-state index in [1.54, 1.807) is 12.4 Å². The second-order valence-electron chi connectivity index (χ2n) is 5.63. The van der Waals surface area contributed by atoms with E-state index in [9.17, 15) is 4.79 Å². The number of hydrogen-bond donors (Lipinski definition) is 0. The lowest BCUT2D eigenvalue weighted by Crippen LogP contribution is -2.16. The van der Waals surface area contributed by atoms with Crippen LogP contribution >= 0.6 is 0 Å². The van der Waals surface area contributed by atoms with Crippen LogP contribution < -0.4 is 4.74 Å². The third kappa shape index (κ3) is 4.89. The summed E-state index contributed by atoms with van der Waals surface area (Å²) >= 11 is 0. The SMILES string of the molecule is Cc1ccccc1OCC(=O)OCCCc1nc(-c2cccnc2)no1. The number of benzene rings is 1. The summed E-state index contributed by atoms with van der Waals surface area (Å²) in [6, 6.07) is 11.2. The summed E-state index contributed by atoms with van der Waals surface area (Å²) in [6.07, 6.45) is 4.47. The molecule has 0 aliphatic heterocycles. The van der Waals surface area contributed by atoms with Gasteiger partial charge in [0.2, 0.25) is 11.7 Å². The van der Waals surface area contributed by atoms with Crippen LogP contribution in [-0.2, 0) is 16.0 Å². The molecule has 26 heavy (non-hydrogen) atoms. The number of hydrogen-bond acceptors (Lipinski definition) is 7. The van der Waals surface area contributed by atoms with Crippen LogP contribution in [-0.4, -0.2) is 34.3 Å². The van der Waals surface area contributed by atoms with Crippen molar-refractivity contribution in [3.8, 4) is 17.1 Å². The second-order valence-corrected chi connectivity index (χ2v) is 5.63. The van der Waals surface area contributed by atoms with E-state index in [4.69, 9.17) is 14.0 Å². The zero-order valence-corrected chi connectivity index (χ0v) is 14.4. The van der Waals surface area contributed by atoms with Crippen molar-refractivity contribution in [3.05, 3.63) is 60.2 Å². The standard InChI is InChI=1S/C19H19N3O4/c1-14-6-2-3-8-16(14)25-13-18(23)24-11-5-9-17-21-19(22-26-17)15-7-4-10-20-12-15/h2-4,6-8,10,12H,5,9,11,13H2,1H3. The van der Waals surface area contributed by atoms with Gasteiger partial charge in [0, 0.05) is 24.4 Å². The van der Waals surface area contributed by atoms with Crippen LogP contribution in [0.2, 0.25) is 0 Å². The van der Waals surface area contributed by atoms with E-state index in [-0.39, 0.29) is 13.2 Å². The van der Waals surface area contributed by atoms with E-state index in [0.29, 0.717) is 30.3 Å². The molecule has 0 saturated heterocycles. The van der Waals surface area contributed by atoms with Crippen LogP contribution in [0.5, 0.6) is 5.75 Å². The van der Waals surface area contributed by atoms with Gasteiger partial charge in [-0.2, -0.15) is 4.98 Å². The fourth-order valence-electron chi connectivity index (χ4n) is 2.27. The van der Waals surface area contributed by atoms with Gasteiger partial charge in [0.25, 0.3) is 0 Å². The highest BCUT2D eigenvalue weighted by Crippen LogP contribution is 2.16. The lowest BCUT2D eigenvalue weighted by Gasteiger charge is -2.08. The van der Waals surface area contributed by atoms with Crippen molar-refractivity contribution in [1.82, 2.24) is 15.1 Å². The topological polar surface area (TPSA) is 87.3 Å². The number of carbonyl (C=O) groups excluding carboxylic acids is 1. The molecular weight excluding hydrogens is 334 g/mol. The minimum absolute atomic E-state index is 0.115. The smallest absolute Gasteiger partial charge is 0.344 e. The summed E-state index contributed by atoms with van der Waals surface area (Å²) in [5, 5.41) is 3.92. The van der Waals surface area contributed by atoms with Gasteiger partial charge in [-0.25, -0.2) is 4.79 Å².